The number of aromatic nitrogens is 4. The van der Waals surface area contributed by atoms with Crippen LogP contribution in [0.3, 0.4) is 0 Å². The Bertz CT molecular complexity index is 1660. The van der Waals surface area contributed by atoms with Crippen LogP contribution in [0.5, 0.6) is 0 Å². The molecule has 1 amide bonds. The molecule has 0 aliphatic rings. The van der Waals surface area contributed by atoms with Crippen LogP contribution in [0.2, 0.25) is 0 Å². The van der Waals surface area contributed by atoms with Gasteiger partial charge in [-0.25, -0.2) is 45.1 Å². The third-order valence-electron chi connectivity index (χ3n) is 5.14. The number of nitrogens with zero attached hydrogens (tertiary/aromatic N) is 5. The summed E-state index contributed by atoms with van der Waals surface area (Å²) in [6.07, 6.45) is 0.108. The van der Waals surface area contributed by atoms with Crippen LogP contribution in [-0.4, -0.2) is 46.0 Å². The van der Waals surface area contributed by atoms with Crippen LogP contribution in [0.4, 0.5) is 38.4 Å². The summed E-state index contributed by atoms with van der Waals surface area (Å²) in [7, 11) is -5.47. The Balaban J connectivity index is 1.97. The summed E-state index contributed by atoms with van der Waals surface area (Å²) in [4.78, 5) is 18.2. The molecule has 10 nitrogen and oxygen atoms in total. The van der Waals surface area contributed by atoms with Crippen molar-refractivity contribution < 1.29 is 40.3 Å². The van der Waals surface area contributed by atoms with Crippen molar-refractivity contribution in [3.63, 3.8) is 0 Å². The second-order valence-corrected chi connectivity index (χ2v) is 9.28. The number of hydrogen-bond acceptors (Lipinski definition) is 7. The summed E-state index contributed by atoms with van der Waals surface area (Å²) in [5, 5.41) is 13.6. The van der Waals surface area contributed by atoms with Crippen molar-refractivity contribution >= 4 is 27.8 Å². The van der Waals surface area contributed by atoms with Crippen LogP contribution < -0.4 is 10.0 Å². The Labute approximate surface area is 210 Å². The van der Waals surface area contributed by atoms with E-state index in [9.17, 15) is 31.5 Å². The quantitative estimate of drug-likeness (QED) is 0.327. The normalized spacial score (nSPS) is 11.5. The maximum absolute atomic E-state index is 15.9. The summed E-state index contributed by atoms with van der Waals surface area (Å²) < 4.78 is 98.4. The van der Waals surface area contributed by atoms with E-state index in [0.717, 1.165) is 4.68 Å². The van der Waals surface area contributed by atoms with E-state index in [1.54, 1.807) is 0 Å². The third kappa shape index (κ3) is 4.72. The fourth-order valence-corrected chi connectivity index (χ4v) is 4.92. The van der Waals surface area contributed by atoms with Gasteiger partial charge < -0.3 is 10.8 Å². The number of nitrogens with two attached hydrogens (primary N) is 1. The van der Waals surface area contributed by atoms with Gasteiger partial charge in [0.05, 0.1) is 17.8 Å². The molecule has 2 aromatic heterocycles. The number of benzene rings is 2. The first kappa shape index (κ1) is 26.5. The van der Waals surface area contributed by atoms with Crippen LogP contribution in [-0.2, 0) is 16.6 Å². The van der Waals surface area contributed by atoms with E-state index in [1.807, 2.05) is 0 Å². The molecule has 0 bridgehead atoms. The maximum atomic E-state index is 15.9. The van der Waals surface area contributed by atoms with Crippen LogP contribution in [0.15, 0.2) is 53.7 Å². The number of alkyl halides is 1. The number of hydrogen-bond donors (Lipinski definition) is 2. The van der Waals surface area contributed by atoms with E-state index < -0.39 is 72.2 Å². The molecule has 0 fully saturated rings. The standard InChI is InChI=1S/C22H15F5N6O4S/c23-6-8-32-10-12(15-5-7-29-21(28)30-15)20(31-32)18-14(26)3-4-16(19(18)27)33(22(34)35)38(36,37)17-9-11(24)1-2-13(17)25/h1-5,7,9-10H,6,8H2,(H,34,35)(H2,28,29,30). The zero-order valence-electron chi connectivity index (χ0n) is 18.8. The number of nitrogen functional groups attached to an aromatic ring is 1. The van der Waals surface area contributed by atoms with E-state index in [4.69, 9.17) is 5.73 Å². The lowest BCUT2D eigenvalue weighted by Gasteiger charge is -2.21. The predicted molar refractivity (Wildman–Crippen MR) is 123 cm³/mol. The molecule has 3 N–H and O–H groups in total. The maximum Gasteiger partial charge on any atom is 0.426 e. The topological polar surface area (TPSA) is 144 Å². The minimum absolute atomic E-state index is 0.00588. The molecule has 0 saturated carbocycles. The monoisotopic (exact) mass is 554 g/mol. The molecule has 0 aliphatic heterocycles. The van der Waals surface area contributed by atoms with E-state index in [0.29, 0.717) is 24.3 Å². The number of carboxylic acid groups (broad SMARTS) is 1. The van der Waals surface area contributed by atoms with Gasteiger partial charge in [0, 0.05) is 18.0 Å². The van der Waals surface area contributed by atoms with Gasteiger partial charge in [0.1, 0.15) is 40.4 Å². The highest BCUT2D eigenvalue weighted by atomic mass is 32.2. The number of sulfonamides is 1. The number of halogens is 5. The molecule has 4 aromatic rings. The van der Waals surface area contributed by atoms with Crippen LogP contribution in [0, 0.1) is 23.3 Å². The first-order valence-electron chi connectivity index (χ1n) is 10.4. The second kappa shape index (κ2) is 10.0. The Kier molecular flexibility index (Phi) is 6.99. The molecule has 0 saturated heterocycles. The molecule has 2 heterocycles. The van der Waals surface area contributed by atoms with E-state index >= 15 is 8.78 Å². The van der Waals surface area contributed by atoms with Gasteiger partial charge in [-0.05, 0) is 36.4 Å². The minimum atomic E-state index is -5.47. The molecular weight excluding hydrogens is 539 g/mol. The fraction of sp³-hybridized carbons (Fsp3) is 0.0909. The lowest BCUT2D eigenvalue weighted by atomic mass is 10.0. The largest absolute Gasteiger partial charge is 0.464 e. The highest BCUT2D eigenvalue weighted by Crippen LogP contribution is 2.38. The van der Waals surface area contributed by atoms with Crippen molar-refractivity contribution in [3.8, 4) is 22.5 Å². The van der Waals surface area contributed by atoms with Crippen molar-refractivity contribution in [2.75, 3.05) is 16.7 Å². The highest BCUT2D eigenvalue weighted by molar-refractivity contribution is 7.93. The first-order chi connectivity index (χ1) is 17.9. The van der Waals surface area contributed by atoms with Gasteiger partial charge in [-0.1, -0.05) is 0 Å². The summed E-state index contributed by atoms with van der Waals surface area (Å²) in [5.74, 6) is -6.00. The number of rotatable bonds is 7. The minimum Gasteiger partial charge on any atom is -0.464 e. The lowest BCUT2D eigenvalue weighted by molar-refractivity contribution is 0.206. The van der Waals surface area contributed by atoms with E-state index in [2.05, 4.69) is 15.1 Å². The lowest BCUT2D eigenvalue weighted by Crippen LogP contribution is -2.37. The molecule has 0 aliphatic carbocycles. The van der Waals surface area contributed by atoms with Gasteiger partial charge in [0.25, 0.3) is 10.0 Å². The van der Waals surface area contributed by atoms with E-state index in [1.165, 1.54) is 18.5 Å². The summed E-state index contributed by atoms with van der Waals surface area (Å²) >= 11 is 0. The van der Waals surface area contributed by atoms with Gasteiger partial charge >= 0.3 is 6.09 Å². The van der Waals surface area contributed by atoms with Gasteiger partial charge in [0.2, 0.25) is 5.95 Å². The predicted octanol–water partition coefficient (Wildman–Crippen LogP) is 3.99. The number of anilines is 2. The Morgan fingerprint density at radius 3 is 2.45 bits per heavy atom. The summed E-state index contributed by atoms with van der Waals surface area (Å²) in [6.45, 7) is -1.26. The average Bonchev–Trinajstić information content (AvgIpc) is 3.25. The number of aryl methyl sites for hydroxylation is 1. The van der Waals surface area contributed by atoms with Crippen LogP contribution in [0.25, 0.3) is 22.5 Å². The van der Waals surface area contributed by atoms with Crippen LogP contribution >= 0.6 is 0 Å². The van der Waals surface area contributed by atoms with E-state index in [-0.39, 0.29) is 29.8 Å². The van der Waals surface area contributed by atoms with Gasteiger partial charge in [-0.15, -0.1) is 0 Å². The molecule has 38 heavy (non-hydrogen) atoms. The van der Waals surface area contributed by atoms with Gasteiger partial charge in [-0.2, -0.15) is 9.40 Å². The van der Waals surface area contributed by atoms with Crippen molar-refractivity contribution in [1.82, 2.24) is 19.7 Å². The molecule has 0 unspecified atom stereocenters. The summed E-state index contributed by atoms with van der Waals surface area (Å²) in [5.41, 5.74) is 2.75. The fourth-order valence-electron chi connectivity index (χ4n) is 3.54. The molecule has 0 atom stereocenters. The Hall–Kier alpha value is -4.60. The summed E-state index contributed by atoms with van der Waals surface area (Å²) in [6, 6.07) is 3.57. The number of carbonyl (C=O) groups is 1. The zero-order chi connectivity index (χ0) is 27.8. The molecule has 198 valence electrons. The zero-order valence-corrected chi connectivity index (χ0v) is 19.6. The van der Waals surface area contributed by atoms with Crippen molar-refractivity contribution in [2.45, 2.75) is 11.4 Å². The third-order valence-corrected chi connectivity index (χ3v) is 6.84. The highest BCUT2D eigenvalue weighted by Gasteiger charge is 2.37. The van der Waals surface area contributed by atoms with Crippen molar-refractivity contribution in [2.24, 2.45) is 0 Å². The molecule has 0 spiro atoms. The van der Waals surface area contributed by atoms with Gasteiger partial charge in [0.15, 0.2) is 5.82 Å². The first-order valence-corrected chi connectivity index (χ1v) is 11.8. The Morgan fingerprint density at radius 1 is 1.08 bits per heavy atom. The smallest absolute Gasteiger partial charge is 0.426 e. The molecule has 2 aromatic carbocycles. The van der Waals surface area contributed by atoms with Crippen molar-refractivity contribution in [3.05, 3.63) is 72.1 Å². The average molecular weight is 554 g/mol. The van der Waals surface area contributed by atoms with Crippen molar-refractivity contribution in [1.29, 1.82) is 0 Å². The molecule has 0 radical (unpaired) electrons. The molecule has 4 rings (SSSR count). The number of amides is 1. The second-order valence-electron chi connectivity index (χ2n) is 7.53. The molecular formula is C22H15F5N6O4S. The Morgan fingerprint density at radius 2 is 1.79 bits per heavy atom. The SMILES string of the molecule is Nc1nccc(-c2cn(CCF)nc2-c2c(F)ccc(N(C(=O)O)S(=O)(=O)c3cc(F)ccc3F)c2F)n1. The van der Waals surface area contributed by atoms with Gasteiger partial charge in [-0.3, -0.25) is 4.68 Å². The molecule has 16 heteroatoms. The van der Waals surface area contributed by atoms with Crippen LogP contribution in [0.1, 0.15) is 0 Å².